The molecule has 1 amide bonds. The van der Waals surface area contributed by atoms with Crippen LogP contribution in [-0.2, 0) is 17.9 Å². The van der Waals surface area contributed by atoms with Crippen molar-refractivity contribution < 1.29 is 14.3 Å². The quantitative estimate of drug-likeness (QED) is 0.755. The van der Waals surface area contributed by atoms with Gasteiger partial charge in [-0.15, -0.1) is 0 Å². The van der Waals surface area contributed by atoms with Crippen molar-refractivity contribution >= 4 is 5.91 Å². The number of nitrogens with one attached hydrogen (secondary N) is 1. The molecule has 1 saturated heterocycles. The third-order valence-corrected chi connectivity index (χ3v) is 5.16. The minimum absolute atomic E-state index is 0.140. The van der Waals surface area contributed by atoms with Crippen molar-refractivity contribution in [2.75, 3.05) is 20.2 Å². The van der Waals surface area contributed by atoms with Gasteiger partial charge in [-0.05, 0) is 56.1 Å². The summed E-state index contributed by atoms with van der Waals surface area (Å²) in [5.41, 5.74) is 2.44. The van der Waals surface area contributed by atoms with Crippen molar-refractivity contribution in [1.29, 1.82) is 0 Å². The molecule has 1 aliphatic heterocycles. The van der Waals surface area contributed by atoms with Crippen LogP contribution in [0.4, 0.5) is 0 Å². The predicted octanol–water partition coefficient (Wildman–Crippen LogP) is 3.76. The molecule has 2 aromatic rings. The molecular weight excluding hydrogens is 352 g/mol. The van der Waals surface area contributed by atoms with Gasteiger partial charge in [0.25, 0.3) is 5.91 Å². The lowest BCUT2D eigenvalue weighted by Crippen LogP contribution is -2.36. The van der Waals surface area contributed by atoms with Crippen molar-refractivity contribution in [3.63, 3.8) is 0 Å². The molecule has 1 atom stereocenters. The van der Waals surface area contributed by atoms with Crippen LogP contribution in [-0.4, -0.2) is 37.1 Å². The van der Waals surface area contributed by atoms with Gasteiger partial charge in [0.2, 0.25) is 0 Å². The molecule has 5 nitrogen and oxygen atoms in total. The summed E-state index contributed by atoms with van der Waals surface area (Å²) in [6.45, 7) is 5.51. The lowest BCUT2D eigenvalue weighted by atomic mass is 10.0. The standard InChI is InChI=1S/C23H30N2O3/c1-18(28-22-13-7-6-12-21(22)27-2)23(26)24-16-19-10-4-5-11-20(19)17-25-14-8-3-9-15-25/h4-7,10-13,18H,3,8-9,14-17H2,1-2H3,(H,24,26)/t18-/m0/s1. The molecule has 0 radical (unpaired) electrons. The molecule has 0 spiro atoms. The summed E-state index contributed by atoms with van der Waals surface area (Å²) in [5.74, 6) is 1.05. The Morgan fingerprint density at radius 2 is 1.64 bits per heavy atom. The number of hydrogen-bond donors (Lipinski definition) is 1. The number of nitrogens with zero attached hydrogens (tertiary/aromatic N) is 1. The van der Waals surface area contributed by atoms with Crippen molar-refractivity contribution in [3.05, 3.63) is 59.7 Å². The fraction of sp³-hybridized carbons (Fsp3) is 0.435. The molecule has 0 aliphatic carbocycles. The fourth-order valence-electron chi connectivity index (χ4n) is 3.53. The lowest BCUT2D eigenvalue weighted by Gasteiger charge is -2.27. The van der Waals surface area contributed by atoms with Crippen molar-refractivity contribution in [2.45, 2.75) is 45.4 Å². The molecular formula is C23H30N2O3. The third-order valence-electron chi connectivity index (χ3n) is 5.16. The molecule has 1 fully saturated rings. The second kappa shape index (κ2) is 10.1. The van der Waals surface area contributed by atoms with E-state index in [-0.39, 0.29) is 5.91 Å². The number of amides is 1. The van der Waals surface area contributed by atoms with Gasteiger partial charge in [0.1, 0.15) is 0 Å². The van der Waals surface area contributed by atoms with Crippen LogP contribution in [0.5, 0.6) is 11.5 Å². The molecule has 0 bridgehead atoms. The van der Waals surface area contributed by atoms with Crippen LogP contribution >= 0.6 is 0 Å². The number of methoxy groups -OCH3 is 1. The number of benzene rings is 2. The van der Waals surface area contributed by atoms with Gasteiger partial charge in [0.05, 0.1) is 7.11 Å². The second-order valence-corrected chi connectivity index (χ2v) is 7.23. The summed E-state index contributed by atoms with van der Waals surface area (Å²) in [6, 6.07) is 15.7. The monoisotopic (exact) mass is 382 g/mol. The van der Waals surface area contributed by atoms with Crippen LogP contribution in [0.2, 0.25) is 0 Å². The zero-order valence-electron chi connectivity index (χ0n) is 16.8. The van der Waals surface area contributed by atoms with Gasteiger partial charge >= 0.3 is 0 Å². The fourth-order valence-corrected chi connectivity index (χ4v) is 3.53. The van der Waals surface area contributed by atoms with Gasteiger partial charge in [-0.1, -0.05) is 42.8 Å². The van der Waals surface area contributed by atoms with Gasteiger partial charge in [0, 0.05) is 13.1 Å². The van der Waals surface area contributed by atoms with Crippen LogP contribution in [0.3, 0.4) is 0 Å². The number of para-hydroxylation sites is 2. The van der Waals surface area contributed by atoms with Crippen molar-refractivity contribution in [1.82, 2.24) is 10.2 Å². The van der Waals surface area contributed by atoms with Crippen LogP contribution in [0.1, 0.15) is 37.3 Å². The van der Waals surface area contributed by atoms with E-state index in [0.717, 1.165) is 25.2 Å². The molecule has 1 aliphatic rings. The smallest absolute Gasteiger partial charge is 0.261 e. The molecule has 0 aromatic heterocycles. The lowest BCUT2D eigenvalue weighted by molar-refractivity contribution is -0.127. The normalized spacial score (nSPS) is 15.6. The Morgan fingerprint density at radius 3 is 2.36 bits per heavy atom. The Hall–Kier alpha value is -2.53. The van der Waals surface area contributed by atoms with E-state index in [1.807, 2.05) is 24.3 Å². The Balaban J connectivity index is 1.56. The summed E-state index contributed by atoms with van der Waals surface area (Å²) in [6.07, 6.45) is 3.27. The first-order valence-corrected chi connectivity index (χ1v) is 10.0. The topological polar surface area (TPSA) is 50.8 Å². The summed E-state index contributed by atoms with van der Waals surface area (Å²) >= 11 is 0. The van der Waals surface area contributed by atoms with Crippen LogP contribution < -0.4 is 14.8 Å². The maximum absolute atomic E-state index is 12.5. The third kappa shape index (κ3) is 5.49. The Kier molecular flexibility index (Phi) is 7.31. The second-order valence-electron chi connectivity index (χ2n) is 7.23. The predicted molar refractivity (Wildman–Crippen MR) is 111 cm³/mol. The Labute approximate surface area is 167 Å². The van der Waals surface area contributed by atoms with Gasteiger partial charge in [-0.2, -0.15) is 0 Å². The molecule has 3 rings (SSSR count). The molecule has 1 heterocycles. The van der Waals surface area contributed by atoms with E-state index in [9.17, 15) is 4.79 Å². The largest absolute Gasteiger partial charge is 0.493 e. The maximum Gasteiger partial charge on any atom is 0.261 e. The number of likely N-dealkylation sites (tertiary alicyclic amines) is 1. The van der Waals surface area contributed by atoms with E-state index in [1.54, 1.807) is 20.1 Å². The van der Waals surface area contributed by atoms with E-state index in [4.69, 9.17) is 9.47 Å². The highest BCUT2D eigenvalue weighted by Gasteiger charge is 2.17. The van der Waals surface area contributed by atoms with E-state index >= 15 is 0 Å². The first-order valence-electron chi connectivity index (χ1n) is 10.0. The highest BCUT2D eigenvalue weighted by molar-refractivity contribution is 5.80. The first-order chi connectivity index (χ1) is 13.7. The van der Waals surface area contributed by atoms with Crippen molar-refractivity contribution in [2.24, 2.45) is 0 Å². The van der Waals surface area contributed by atoms with E-state index in [1.165, 1.54) is 24.8 Å². The molecule has 150 valence electrons. The Bertz CT molecular complexity index is 772. The van der Waals surface area contributed by atoms with Gasteiger partial charge in [0.15, 0.2) is 17.6 Å². The van der Waals surface area contributed by atoms with Crippen LogP contribution in [0.15, 0.2) is 48.5 Å². The zero-order chi connectivity index (χ0) is 19.8. The summed E-state index contributed by atoms with van der Waals surface area (Å²) in [7, 11) is 1.59. The summed E-state index contributed by atoms with van der Waals surface area (Å²) in [5, 5.41) is 3.01. The average Bonchev–Trinajstić information content (AvgIpc) is 2.74. The minimum Gasteiger partial charge on any atom is -0.493 e. The highest BCUT2D eigenvalue weighted by atomic mass is 16.5. The van der Waals surface area contributed by atoms with Crippen LogP contribution in [0.25, 0.3) is 0 Å². The number of rotatable bonds is 8. The number of piperidine rings is 1. The van der Waals surface area contributed by atoms with E-state index in [0.29, 0.717) is 18.0 Å². The van der Waals surface area contributed by atoms with E-state index in [2.05, 4.69) is 28.4 Å². The molecule has 28 heavy (non-hydrogen) atoms. The highest BCUT2D eigenvalue weighted by Crippen LogP contribution is 2.26. The summed E-state index contributed by atoms with van der Waals surface area (Å²) in [4.78, 5) is 15.0. The molecule has 0 unspecified atom stereocenters. The number of carbonyl (C=O) groups is 1. The number of hydrogen-bond acceptors (Lipinski definition) is 4. The molecule has 1 N–H and O–H groups in total. The maximum atomic E-state index is 12.5. The molecule has 5 heteroatoms. The zero-order valence-corrected chi connectivity index (χ0v) is 16.8. The minimum atomic E-state index is -0.606. The van der Waals surface area contributed by atoms with Crippen LogP contribution in [0, 0.1) is 0 Å². The van der Waals surface area contributed by atoms with Crippen molar-refractivity contribution in [3.8, 4) is 11.5 Å². The van der Waals surface area contributed by atoms with Gasteiger partial charge < -0.3 is 14.8 Å². The van der Waals surface area contributed by atoms with Gasteiger partial charge in [-0.25, -0.2) is 0 Å². The first kappa shape index (κ1) is 20.2. The summed E-state index contributed by atoms with van der Waals surface area (Å²) < 4.78 is 11.1. The molecule has 2 aromatic carbocycles. The SMILES string of the molecule is COc1ccccc1O[C@@H](C)C(=O)NCc1ccccc1CN1CCCCC1. The molecule has 0 saturated carbocycles. The average molecular weight is 383 g/mol. The van der Waals surface area contributed by atoms with E-state index < -0.39 is 6.10 Å². The Morgan fingerprint density at radius 1 is 1.00 bits per heavy atom. The van der Waals surface area contributed by atoms with Gasteiger partial charge in [-0.3, -0.25) is 9.69 Å². The number of carbonyl (C=O) groups excluding carboxylic acids is 1. The number of ether oxygens (including phenoxy) is 2.